The molecule has 0 fully saturated rings. The van der Waals surface area contributed by atoms with Gasteiger partial charge in [0.2, 0.25) is 5.91 Å². The number of carbonyl (C=O) groups is 2. The lowest BCUT2D eigenvalue weighted by Crippen LogP contribution is -2.43. The molecule has 134 valence electrons. The third-order valence-electron chi connectivity index (χ3n) is 3.32. The van der Waals surface area contributed by atoms with Crippen molar-refractivity contribution in [3.63, 3.8) is 0 Å². The van der Waals surface area contributed by atoms with Gasteiger partial charge in [-0.1, -0.05) is 30.0 Å². The molecule has 1 aromatic carbocycles. The largest absolute Gasteiger partial charge is 0.461 e. The second-order valence-corrected chi connectivity index (χ2v) is 6.78. The topological polar surface area (TPSA) is 97.1 Å². The number of thioether (sulfide) groups is 1. The summed E-state index contributed by atoms with van der Waals surface area (Å²) < 4.78 is 5.37. The number of nitrogens with one attached hydrogen (secondary N) is 2. The maximum atomic E-state index is 12.0. The molecule has 26 heavy (non-hydrogen) atoms. The molecule has 0 aliphatic rings. The van der Waals surface area contributed by atoms with Crippen molar-refractivity contribution in [2.24, 2.45) is 0 Å². The van der Waals surface area contributed by atoms with E-state index < -0.39 is 11.9 Å². The van der Waals surface area contributed by atoms with Crippen molar-refractivity contribution in [1.29, 1.82) is 0 Å². The molecule has 3 amide bonds. The van der Waals surface area contributed by atoms with Crippen LogP contribution < -0.4 is 10.6 Å². The number of aromatic nitrogens is 2. The van der Waals surface area contributed by atoms with Crippen LogP contribution >= 0.6 is 11.8 Å². The second kappa shape index (κ2) is 8.01. The first-order valence-electron chi connectivity index (χ1n) is 8.06. The molecule has 0 bridgehead atoms. The lowest BCUT2D eigenvalue weighted by atomic mass is 10.2. The molecule has 2 N–H and O–H groups in total. The zero-order valence-electron chi connectivity index (χ0n) is 14.4. The average Bonchev–Trinajstić information content (AvgIpc) is 3.13. The van der Waals surface area contributed by atoms with Gasteiger partial charge in [0, 0.05) is 11.4 Å². The number of benzene rings is 1. The number of hydrogen-bond donors (Lipinski definition) is 2. The van der Waals surface area contributed by atoms with Gasteiger partial charge < -0.3 is 9.73 Å². The van der Waals surface area contributed by atoms with Crippen LogP contribution in [0.4, 0.5) is 4.79 Å². The zero-order chi connectivity index (χ0) is 18.5. The Labute approximate surface area is 154 Å². The highest BCUT2D eigenvalue weighted by Crippen LogP contribution is 2.28. The van der Waals surface area contributed by atoms with Gasteiger partial charge in [0.05, 0.1) is 17.5 Å². The van der Waals surface area contributed by atoms with Gasteiger partial charge in [0.25, 0.3) is 0 Å². The van der Waals surface area contributed by atoms with Crippen LogP contribution in [-0.2, 0) is 4.79 Å². The number of hydrogen-bond acceptors (Lipinski definition) is 6. The molecule has 2 aromatic heterocycles. The van der Waals surface area contributed by atoms with Crippen LogP contribution in [0.15, 0.2) is 52.1 Å². The van der Waals surface area contributed by atoms with Crippen molar-refractivity contribution in [2.45, 2.75) is 24.9 Å². The summed E-state index contributed by atoms with van der Waals surface area (Å²) in [5, 5.41) is 6.41. The van der Waals surface area contributed by atoms with E-state index in [1.54, 1.807) is 18.4 Å². The molecule has 2 heterocycles. The summed E-state index contributed by atoms with van der Waals surface area (Å²) in [6, 6.07) is 10.5. The summed E-state index contributed by atoms with van der Waals surface area (Å²) >= 11 is 1.25. The number of amides is 3. The van der Waals surface area contributed by atoms with E-state index in [0.29, 0.717) is 16.6 Å². The molecule has 0 unspecified atom stereocenters. The molecule has 0 saturated carbocycles. The van der Waals surface area contributed by atoms with E-state index in [1.165, 1.54) is 11.8 Å². The second-order valence-electron chi connectivity index (χ2n) is 5.81. The standard InChI is InChI=1S/C18H18N4O3S/c1-11(2)19-18(24)21-15(23)10-26-17-12-6-3-4-7-13(12)20-16(22-17)14-8-5-9-25-14/h3-9,11H,10H2,1-2H3,(H2,19,21,23,24). The maximum Gasteiger partial charge on any atom is 0.321 e. The third kappa shape index (κ3) is 4.40. The highest BCUT2D eigenvalue weighted by atomic mass is 32.2. The minimum Gasteiger partial charge on any atom is -0.461 e. The minimum atomic E-state index is -0.505. The fraction of sp³-hybridized carbons (Fsp3) is 0.222. The first-order chi connectivity index (χ1) is 12.5. The number of imide groups is 1. The molecule has 0 radical (unpaired) electrons. The van der Waals surface area contributed by atoms with E-state index in [1.807, 2.05) is 38.1 Å². The lowest BCUT2D eigenvalue weighted by molar-refractivity contribution is -0.117. The summed E-state index contributed by atoms with van der Waals surface area (Å²) in [5.74, 6) is 0.673. The Balaban J connectivity index is 1.78. The number of furan rings is 1. The van der Waals surface area contributed by atoms with E-state index in [9.17, 15) is 9.59 Å². The van der Waals surface area contributed by atoms with Crippen LogP contribution in [0.1, 0.15) is 13.8 Å². The molecule has 3 rings (SSSR count). The number of para-hydroxylation sites is 1. The molecule has 3 aromatic rings. The predicted octanol–water partition coefficient (Wildman–Crippen LogP) is 3.22. The van der Waals surface area contributed by atoms with Crippen LogP contribution in [0.3, 0.4) is 0 Å². The summed E-state index contributed by atoms with van der Waals surface area (Å²) in [5.41, 5.74) is 0.759. The van der Waals surface area contributed by atoms with Gasteiger partial charge >= 0.3 is 6.03 Å². The Morgan fingerprint density at radius 3 is 2.69 bits per heavy atom. The molecule has 0 saturated heterocycles. The van der Waals surface area contributed by atoms with Crippen molar-refractivity contribution >= 4 is 34.6 Å². The molecular weight excluding hydrogens is 352 g/mol. The Morgan fingerprint density at radius 1 is 1.15 bits per heavy atom. The molecule has 7 nitrogen and oxygen atoms in total. The van der Waals surface area contributed by atoms with Gasteiger partial charge in [-0.2, -0.15) is 0 Å². The molecule has 0 aliphatic carbocycles. The molecular formula is C18H18N4O3S. The smallest absolute Gasteiger partial charge is 0.321 e. The van der Waals surface area contributed by atoms with Crippen LogP contribution in [0.25, 0.3) is 22.5 Å². The zero-order valence-corrected chi connectivity index (χ0v) is 15.2. The minimum absolute atomic E-state index is 0.0443. The Hall–Kier alpha value is -2.87. The molecule has 0 spiro atoms. The summed E-state index contributed by atoms with van der Waals surface area (Å²) in [4.78, 5) is 32.6. The van der Waals surface area contributed by atoms with E-state index in [0.717, 1.165) is 10.9 Å². The molecule has 8 heteroatoms. The fourth-order valence-electron chi connectivity index (χ4n) is 2.27. The Morgan fingerprint density at radius 2 is 1.96 bits per heavy atom. The number of carbonyl (C=O) groups excluding carboxylic acids is 2. The Bertz CT molecular complexity index is 925. The number of fused-ring (bicyclic) bond motifs is 1. The SMILES string of the molecule is CC(C)NC(=O)NC(=O)CSc1nc(-c2ccco2)nc2ccccc12. The van der Waals surface area contributed by atoms with Crippen molar-refractivity contribution in [2.75, 3.05) is 5.75 Å². The average molecular weight is 370 g/mol. The van der Waals surface area contributed by atoms with Gasteiger partial charge in [-0.25, -0.2) is 14.8 Å². The number of nitrogens with zero attached hydrogens (tertiary/aromatic N) is 2. The van der Waals surface area contributed by atoms with Crippen LogP contribution in [-0.4, -0.2) is 33.7 Å². The van der Waals surface area contributed by atoms with Crippen LogP contribution in [0, 0.1) is 0 Å². The predicted molar refractivity (Wildman–Crippen MR) is 99.8 cm³/mol. The number of urea groups is 1. The third-order valence-corrected chi connectivity index (χ3v) is 4.31. The van der Waals surface area contributed by atoms with Gasteiger partial charge in [0.15, 0.2) is 11.6 Å². The van der Waals surface area contributed by atoms with E-state index in [4.69, 9.17) is 4.42 Å². The summed E-state index contributed by atoms with van der Waals surface area (Å²) in [7, 11) is 0. The van der Waals surface area contributed by atoms with E-state index >= 15 is 0 Å². The highest BCUT2D eigenvalue weighted by molar-refractivity contribution is 8.00. The quantitative estimate of drug-likeness (QED) is 0.529. The fourth-order valence-corrected chi connectivity index (χ4v) is 3.09. The maximum absolute atomic E-state index is 12.0. The summed E-state index contributed by atoms with van der Waals surface area (Å²) in [6.45, 7) is 3.64. The van der Waals surface area contributed by atoms with E-state index in [-0.39, 0.29) is 11.8 Å². The summed E-state index contributed by atoms with van der Waals surface area (Å²) in [6.07, 6.45) is 1.56. The Kier molecular flexibility index (Phi) is 5.52. The van der Waals surface area contributed by atoms with Crippen molar-refractivity contribution in [3.05, 3.63) is 42.7 Å². The van der Waals surface area contributed by atoms with E-state index in [2.05, 4.69) is 20.6 Å². The van der Waals surface area contributed by atoms with Gasteiger partial charge in [-0.15, -0.1) is 0 Å². The first kappa shape index (κ1) is 17.9. The van der Waals surface area contributed by atoms with Gasteiger partial charge in [-0.3, -0.25) is 10.1 Å². The van der Waals surface area contributed by atoms with Crippen molar-refractivity contribution < 1.29 is 14.0 Å². The molecule has 0 atom stereocenters. The monoisotopic (exact) mass is 370 g/mol. The van der Waals surface area contributed by atoms with Crippen LogP contribution in [0.5, 0.6) is 0 Å². The number of rotatable bonds is 5. The molecule has 0 aliphatic heterocycles. The van der Waals surface area contributed by atoms with Crippen molar-refractivity contribution in [3.8, 4) is 11.6 Å². The lowest BCUT2D eigenvalue weighted by Gasteiger charge is -2.10. The van der Waals surface area contributed by atoms with Crippen molar-refractivity contribution in [1.82, 2.24) is 20.6 Å². The normalized spacial score (nSPS) is 10.9. The highest BCUT2D eigenvalue weighted by Gasteiger charge is 2.14. The first-order valence-corrected chi connectivity index (χ1v) is 9.05. The van der Waals surface area contributed by atoms with Crippen LogP contribution in [0.2, 0.25) is 0 Å². The van der Waals surface area contributed by atoms with Gasteiger partial charge in [-0.05, 0) is 32.0 Å². The van der Waals surface area contributed by atoms with Gasteiger partial charge in [0.1, 0.15) is 5.03 Å².